The van der Waals surface area contributed by atoms with Crippen molar-refractivity contribution in [3.63, 3.8) is 0 Å². The molecule has 0 bridgehead atoms. The molecule has 0 spiro atoms. The van der Waals surface area contributed by atoms with Crippen molar-refractivity contribution in [2.75, 3.05) is 33.8 Å². The van der Waals surface area contributed by atoms with Gasteiger partial charge in [-0.1, -0.05) is 18.2 Å². The van der Waals surface area contributed by atoms with E-state index in [-0.39, 0.29) is 17.7 Å². The molecule has 1 aliphatic rings. The van der Waals surface area contributed by atoms with E-state index in [1.807, 2.05) is 48.2 Å². The van der Waals surface area contributed by atoms with Crippen molar-refractivity contribution in [3.05, 3.63) is 48.0 Å². The Morgan fingerprint density at radius 2 is 2.00 bits per heavy atom. The van der Waals surface area contributed by atoms with Gasteiger partial charge in [0.1, 0.15) is 0 Å². The van der Waals surface area contributed by atoms with Crippen LogP contribution in [0.25, 0.3) is 11.3 Å². The Hall–Kier alpha value is -2.89. The number of ether oxygens (including phenoxy) is 1. The summed E-state index contributed by atoms with van der Waals surface area (Å²) in [5.74, 6) is 0.896. The molecule has 1 saturated heterocycles. The van der Waals surface area contributed by atoms with Crippen molar-refractivity contribution in [1.29, 1.82) is 0 Å². The summed E-state index contributed by atoms with van der Waals surface area (Å²) in [5, 5.41) is 0. The Morgan fingerprint density at radius 3 is 2.63 bits per heavy atom. The lowest BCUT2D eigenvalue weighted by Gasteiger charge is -2.21. The molecule has 6 nitrogen and oxygen atoms in total. The molecule has 142 valence electrons. The van der Waals surface area contributed by atoms with Gasteiger partial charge in [-0.25, -0.2) is 4.98 Å². The van der Waals surface area contributed by atoms with Gasteiger partial charge in [-0.3, -0.25) is 9.59 Å². The lowest BCUT2D eigenvalue weighted by molar-refractivity contribution is -0.127. The third kappa shape index (κ3) is 4.27. The maximum absolute atomic E-state index is 12.7. The predicted molar refractivity (Wildman–Crippen MR) is 104 cm³/mol. The highest BCUT2D eigenvalue weighted by Crippen LogP contribution is 2.22. The van der Waals surface area contributed by atoms with Gasteiger partial charge in [0.15, 0.2) is 0 Å². The van der Waals surface area contributed by atoms with Gasteiger partial charge in [-0.05, 0) is 25.1 Å². The smallest absolute Gasteiger partial charge is 0.253 e. The summed E-state index contributed by atoms with van der Waals surface area (Å²) in [4.78, 5) is 32.5. The van der Waals surface area contributed by atoms with Gasteiger partial charge >= 0.3 is 0 Å². The van der Waals surface area contributed by atoms with Crippen LogP contribution in [0, 0.1) is 5.92 Å². The molecule has 1 aromatic carbocycles. The molecular weight excluding hydrogens is 342 g/mol. The molecule has 27 heavy (non-hydrogen) atoms. The summed E-state index contributed by atoms with van der Waals surface area (Å²) >= 11 is 0. The average Bonchev–Trinajstić information content (AvgIpc) is 3.06. The third-order valence-electron chi connectivity index (χ3n) is 4.92. The van der Waals surface area contributed by atoms with Crippen LogP contribution >= 0.6 is 0 Å². The zero-order chi connectivity index (χ0) is 19.4. The summed E-state index contributed by atoms with van der Waals surface area (Å²) < 4.78 is 5.16. The fourth-order valence-corrected chi connectivity index (χ4v) is 3.45. The fraction of sp³-hybridized carbons (Fsp3) is 0.381. The molecule has 0 saturated carbocycles. The largest absolute Gasteiger partial charge is 0.481 e. The SMILES string of the molecule is CCN1C[C@H](CN(C)C(=O)c2ccc(-c3cccc(OC)n3)cc2)CC1=O. The molecule has 2 heterocycles. The number of aromatic nitrogens is 1. The Balaban J connectivity index is 1.65. The van der Waals surface area contributed by atoms with Crippen LogP contribution < -0.4 is 4.74 Å². The first-order chi connectivity index (χ1) is 13.0. The van der Waals surface area contributed by atoms with Crippen LogP contribution in [0.5, 0.6) is 5.88 Å². The van der Waals surface area contributed by atoms with Crippen molar-refractivity contribution in [3.8, 4) is 17.1 Å². The Kier molecular flexibility index (Phi) is 5.74. The second kappa shape index (κ2) is 8.20. The van der Waals surface area contributed by atoms with Gasteiger partial charge in [-0.15, -0.1) is 0 Å². The second-order valence-corrected chi connectivity index (χ2v) is 6.83. The van der Waals surface area contributed by atoms with Gasteiger partial charge in [0.05, 0.1) is 12.8 Å². The molecule has 1 aromatic heterocycles. The lowest BCUT2D eigenvalue weighted by Crippen LogP contribution is -2.33. The molecule has 1 atom stereocenters. The monoisotopic (exact) mass is 367 g/mol. The van der Waals surface area contributed by atoms with Crippen LogP contribution in [0.2, 0.25) is 0 Å². The number of nitrogens with zero attached hydrogens (tertiary/aromatic N) is 3. The molecule has 3 rings (SSSR count). The summed E-state index contributed by atoms with van der Waals surface area (Å²) in [6.07, 6.45) is 0.520. The fourth-order valence-electron chi connectivity index (χ4n) is 3.45. The van der Waals surface area contributed by atoms with Crippen molar-refractivity contribution >= 4 is 11.8 Å². The Labute approximate surface area is 159 Å². The van der Waals surface area contributed by atoms with Gasteiger partial charge < -0.3 is 14.5 Å². The summed E-state index contributed by atoms with van der Waals surface area (Å²) in [6, 6.07) is 13.0. The quantitative estimate of drug-likeness (QED) is 0.788. The van der Waals surface area contributed by atoms with Crippen LogP contribution in [0.1, 0.15) is 23.7 Å². The molecule has 0 N–H and O–H groups in total. The molecule has 1 aliphatic heterocycles. The minimum absolute atomic E-state index is 0.0393. The zero-order valence-corrected chi connectivity index (χ0v) is 16.0. The minimum atomic E-state index is -0.0393. The number of likely N-dealkylation sites (tertiary alicyclic amines) is 1. The van der Waals surface area contributed by atoms with E-state index in [2.05, 4.69) is 4.98 Å². The summed E-state index contributed by atoms with van der Waals surface area (Å²) in [5.41, 5.74) is 2.35. The number of amides is 2. The molecule has 2 aromatic rings. The van der Waals surface area contributed by atoms with Crippen LogP contribution in [0.3, 0.4) is 0 Å². The molecule has 0 unspecified atom stereocenters. The number of hydrogen-bond acceptors (Lipinski definition) is 4. The average molecular weight is 367 g/mol. The molecule has 1 fully saturated rings. The van der Waals surface area contributed by atoms with E-state index >= 15 is 0 Å². The van der Waals surface area contributed by atoms with Gasteiger partial charge in [0.2, 0.25) is 11.8 Å². The number of rotatable bonds is 6. The number of pyridine rings is 1. The maximum atomic E-state index is 12.7. The van der Waals surface area contributed by atoms with Gasteiger partial charge in [0, 0.05) is 56.2 Å². The second-order valence-electron chi connectivity index (χ2n) is 6.83. The normalized spacial score (nSPS) is 16.5. The van der Waals surface area contributed by atoms with E-state index in [0.29, 0.717) is 24.4 Å². The first kappa shape index (κ1) is 18.9. The van der Waals surface area contributed by atoms with Crippen molar-refractivity contribution in [1.82, 2.24) is 14.8 Å². The van der Waals surface area contributed by atoms with E-state index in [9.17, 15) is 9.59 Å². The van der Waals surface area contributed by atoms with E-state index in [1.54, 1.807) is 25.1 Å². The van der Waals surface area contributed by atoms with Crippen LogP contribution in [0.4, 0.5) is 0 Å². The van der Waals surface area contributed by atoms with Gasteiger partial charge in [-0.2, -0.15) is 0 Å². The highest BCUT2D eigenvalue weighted by atomic mass is 16.5. The van der Waals surface area contributed by atoms with Crippen molar-refractivity contribution in [2.24, 2.45) is 5.92 Å². The van der Waals surface area contributed by atoms with E-state index < -0.39 is 0 Å². The zero-order valence-electron chi connectivity index (χ0n) is 16.0. The van der Waals surface area contributed by atoms with Crippen molar-refractivity contribution in [2.45, 2.75) is 13.3 Å². The maximum Gasteiger partial charge on any atom is 0.253 e. The summed E-state index contributed by atoms with van der Waals surface area (Å²) in [6.45, 7) is 4.02. The molecule has 0 radical (unpaired) electrons. The van der Waals surface area contributed by atoms with Crippen LogP contribution in [-0.2, 0) is 4.79 Å². The number of carbonyl (C=O) groups excluding carboxylic acids is 2. The first-order valence-electron chi connectivity index (χ1n) is 9.16. The number of methoxy groups -OCH3 is 1. The molecule has 6 heteroatoms. The topological polar surface area (TPSA) is 62.7 Å². The van der Waals surface area contributed by atoms with Crippen LogP contribution in [0.15, 0.2) is 42.5 Å². The highest BCUT2D eigenvalue weighted by molar-refractivity contribution is 5.94. The van der Waals surface area contributed by atoms with Crippen LogP contribution in [-0.4, -0.2) is 60.4 Å². The minimum Gasteiger partial charge on any atom is -0.481 e. The Morgan fingerprint density at radius 1 is 1.26 bits per heavy atom. The highest BCUT2D eigenvalue weighted by Gasteiger charge is 2.30. The number of benzene rings is 1. The standard InChI is InChI=1S/C21H25N3O3/c1-4-24-14-15(12-20(24)25)13-23(2)21(26)17-10-8-16(9-11-17)18-6-5-7-19(22-18)27-3/h5-11,15H,4,12-14H2,1-3H3/t15-/m0/s1. The molecule has 2 amide bonds. The first-order valence-corrected chi connectivity index (χ1v) is 9.16. The van der Waals surface area contributed by atoms with Crippen molar-refractivity contribution < 1.29 is 14.3 Å². The third-order valence-corrected chi connectivity index (χ3v) is 4.92. The van der Waals surface area contributed by atoms with E-state index in [1.165, 1.54) is 0 Å². The Bertz CT molecular complexity index is 820. The van der Waals surface area contributed by atoms with E-state index in [0.717, 1.165) is 24.3 Å². The lowest BCUT2D eigenvalue weighted by atomic mass is 10.1. The summed E-state index contributed by atoms with van der Waals surface area (Å²) in [7, 11) is 3.38. The van der Waals surface area contributed by atoms with E-state index in [4.69, 9.17) is 4.74 Å². The number of carbonyl (C=O) groups is 2. The molecule has 0 aliphatic carbocycles. The number of hydrogen-bond donors (Lipinski definition) is 0. The molecular formula is C21H25N3O3. The van der Waals surface area contributed by atoms with Gasteiger partial charge in [0.25, 0.3) is 5.91 Å². The predicted octanol–water partition coefficient (Wildman–Crippen LogP) is 2.70.